The summed E-state index contributed by atoms with van der Waals surface area (Å²) in [7, 11) is 0. The van der Waals surface area contributed by atoms with Crippen molar-refractivity contribution in [2.75, 3.05) is 19.7 Å². The molecular formula is C14H16F3NO3. The minimum Gasteiger partial charge on any atom is -0.478 e. The van der Waals surface area contributed by atoms with E-state index < -0.39 is 18.7 Å². The summed E-state index contributed by atoms with van der Waals surface area (Å²) >= 11 is 0. The van der Waals surface area contributed by atoms with Gasteiger partial charge < -0.3 is 10.2 Å². The molecule has 0 bridgehead atoms. The maximum atomic E-state index is 12.4. The predicted molar refractivity (Wildman–Crippen MR) is 71.5 cm³/mol. The first-order chi connectivity index (χ1) is 9.80. The van der Waals surface area contributed by atoms with Crippen molar-refractivity contribution in [3.8, 4) is 0 Å². The number of aliphatic hydroxyl groups excluding tert-OH is 1. The molecule has 0 aliphatic heterocycles. The molecule has 0 heterocycles. The second kappa shape index (κ2) is 7.80. The molecule has 116 valence electrons. The number of aliphatic carboxylic acids is 1. The van der Waals surface area contributed by atoms with Crippen molar-refractivity contribution >= 4 is 12.0 Å². The Hall–Kier alpha value is -1.86. The zero-order chi connectivity index (χ0) is 15.9. The van der Waals surface area contributed by atoms with Crippen LogP contribution in [0.3, 0.4) is 0 Å². The van der Waals surface area contributed by atoms with Gasteiger partial charge in [0.2, 0.25) is 0 Å². The highest BCUT2D eigenvalue weighted by molar-refractivity contribution is 5.85. The zero-order valence-electron chi connectivity index (χ0n) is 11.2. The molecule has 0 unspecified atom stereocenters. The van der Waals surface area contributed by atoms with E-state index in [4.69, 9.17) is 10.2 Å². The van der Waals surface area contributed by atoms with E-state index in [1.807, 2.05) is 0 Å². The Labute approximate surface area is 120 Å². The number of carboxylic acid groups (broad SMARTS) is 1. The van der Waals surface area contributed by atoms with Crippen LogP contribution in [0, 0.1) is 0 Å². The first-order valence-electron chi connectivity index (χ1n) is 6.20. The lowest BCUT2D eigenvalue weighted by Gasteiger charge is -2.22. The number of carboxylic acids is 1. The summed E-state index contributed by atoms with van der Waals surface area (Å²) in [5.74, 6) is -1.07. The van der Waals surface area contributed by atoms with Gasteiger partial charge in [-0.05, 0) is 17.2 Å². The molecule has 1 rings (SSSR count). The van der Waals surface area contributed by atoms with Gasteiger partial charge in [-0.25, -0.2) is 4.79 Å². The summed E-state index contributed by atoms with van der Waals surface area (Å²) in [4.78, 5) is 11.5. The predicted octanol–water partition coefficient (Wildman–Crippen LogP) is 2.14. The van der Waals surface area contributed by atoms with Gasteiger partial charge in [-0.1, -0.05) is 24.3 Å². The molecule has 0 amide bonds. The normalized spacial score (nSPS) is 12.2. The Balaban J connectivity index is 2.69. The van der Waals surface area contributed by atoms with E-state index >= 15 is 0 Å². The Morgan fingerprint density at radius 2 is 1.86 bits per heavy atom. The minimum atomic E-state index is -4.32. The van der Waals surface area contributed by atoms with Gasteiger partial charge in [0.25, 0.3) is 0 Å². The van der Waals surface area contributed by atoms with Crippen LogP contribution in [-0.2, 0) is 11.3 Å². The number of rotatable bonds is 7. The van der Waals surface area contributed by atoms with E-state index in [-0.39, 0.29) is 19.7 Å². The Morgan fingerprint density at radius 1 is 1.24 bits per heavy atom. The highest BCUT2D eigenvalue weighted by Gasteiger charge is 2.30. The number of benzene rings is 1. The van der Waals surface area contributed by atoms with E-state index in [1.54, 1.807) is 24.3 Å². The van der Waals surface area contributed by atoms with Gasteiger partial charge >= 0.3 is 12.1 Å². The molecule has 2 N–H and O–H groups in total. The van der Waals surface area contributed by atoms with Crippen molar-refractivity contribution in [3.63, 3.8) is 0 Å². The molecule has 0 aliphatic carbocycles. The van der Waals surface area contributed by atoms with Gasteiger partial charge in [-0.15, -0.1) is 0 Å². The van der Waals surface area contributed by atoms with Gasteiger partial charge in [0, 0.05) is 19.2 Å². The van der Waals surface area contributed by atoms with Crippen LogP contribution in [0.5, 0.6) is 0 Å². The quantitative estimate of drug-likeness (QED) is 0.758. The standard InChI is InChI=1S/C14H16F3NO3/c15-14(16,17)10-18(7-8-19)9-12-3-1-11(2-4-12)5-6-13(20)21/h1-6,19H,7-10H2,(H,20,21)/b6-5+. The van der Waals surface area contributed by atoms with Crippen LogP contribution < -0.4 is 0 Å². The molecular weight excluding hydrogens is 287 g/mol. The molecule has 0 aliphatic rings. The fraction of sp³-hybridized carbons (Fsp3) is 0.357. The lowest BCUT2D eigenvalue weighted by atomic mass is 10.1. The lowest BCUT2D eigenvalue weighted by molar-refractivity contribution is -0.148. The van der Waals surface area contributed by atoms with Crippen molar-refractivity contribution in [1.82, 2.24) is 4.90 Å². The van der Waals surface area contributed by atoms with Crippen LogP contribution >= 0.6 is 0 Å². The average molecular weight is 303 g/mol. The third kappa shape index (κ3) is 7.48. The molecule has 21 heavy (non-hydrogen) atoms. The lowest BCUT2D eigenvalue weighted by Crippen LogP contribution is -2.35. The summed E-state index contributed by atoms with van der Waals surface area (Å²) in [5.41, 5.74) is 1.30. The highest BCUT2D eigenvalue weighted by Crippen LogP contribution is 2.18. The molecule has 7 heteroatoms. The van der Waals surface area contributed by atoms with E-state index in [2.05, 4.69) is 0 Å². The Bertz CT molecular complexity index is 483. The van der Waals surface area contributed by atoms with E-state index in [0.717, 1.165) is 11.0 Å². The van der Waals surface area contributed by atoms with Crippen molar-refractivity contribution in [1.29, 1.82) is 0 Å². The Kier molecular flexibility index (Phi) is 6.39. The summed E-state index contributed by atoms with van der Waals surface area (Å²) in [6.07, 6.45) is -1.94. The SMILES string of the molecule is O=C(O)/C=C/c1ccc(CN(CCO)CC(F)(F)F)cc1. The Morgan fingerprint density at radius 3 is 2.33 bits per heavy atom. The third-order valence-electron chi connectivity index (χ3n) is 2.62. The van der Waals surface area contributed by atoms with Gasteiger partial charge in [0.05, 0.1) is 13.2 Å². The molecule has 0 fully saturated rings. The first kappa shape index (κ1) is 17.2. The smallest absolute Gasteiger partial charge is 0.401 e. The molecule has 0 radical (unpaired) electrons. The van der Waals surface area contributed by atoms with Crippen molar-refractivity contribution < 1.29 is 28.2 Å². The monoisotopic (exact) mass is 303 g/mol. The molecule has 1 aromatic rings. The topological polar surface area (TPSA) is 60.8 Å². The molecule has 4 nitrogen and oxygen atoms in total. The number of nitrogens with zero attached hydrogens (tertiary/aromatic N) is 1. The van der Waals surface area contributed by atoms with Gasteiger partial charge in [-0.2, -0.15) is 13.2 Å². The number of hydrogen-bond acceptors (Lipinski definition) is 3. The second-order valence-corrected chi connectivity index (χ2v) is 4.46. The molecule has 0 saturated heterocycles. The summed E-state index contributed by atoms with van der Waals surface area (Å²) in [6, 6.07) is 6.50. The summed E-state index contributed by atoms with van der Waals surface area (Å²) < 4.78 is 37.2. The summed E-state index contributed by atoms with van der Waals surface area (Å²) in [6.45, 7) is -1.45. The number of hydrogen-bond donors (Lipinski definition) is 2. The van der Waals surface area contributed by atoms with Crippen LogP contribution in [0.1, 0.15) is 11.1 Å². The number of aliphatic hydroxyl groups is 1. The van der Waals surface area contributed by atoms with Crippen LogP contribution in [0.15, 0.2) is 30.3 Å². The fourth-order valence-corrected chi connectivity index (χ4v) is 1.77. The first-order valence-corrected chi connectivity index (χ1v) is 6.20. The van der Waals surface area contributed by atoms with E-state index in [9.17, 15) is 18.0 Å². The zero-order valence-corrected chi connectivity index (χ0v) is 11.2. The maximum Gasteiger partial charge on any atom is 0.401 e. The van der Waals surface area contributed by atoms with Crippen LogP contribution in [0.4, 0.5) is 13.2 Å². The second-order valence-electron chi connectivity index (χ2n) is 4.46. The van der Waals surface area contributed by atoms with Gasteiger partial charge in [0.1, 0.15) is 0 Å². The van der Waals surface area contributed by atoms with Crippen LogP contribution in [-0.4, -0.2) is 47.0 Å². The van der Waals surface area contributed by atoms with E-state index in [0.29, 0.717) is 11.1 Å². The maximum absolute atomic E-state index is 12.4. The van der Waals surface area contributed by atoms with Gasteiger partial charge in [0.15, 0.2) is 0 Å². The molecule has 0 aromatic heterocycles. The van der Waals surface area contributed by atoms with Crippen molar-refractivity contribution in [2.24, 2.45) is 0 Å². The molecule has 0 spiro atoms. The fourth-order valence-electron chi connectivity index (χ4n) is 1.77. The van der Waals surface area contributed by atoms with Crippen molar-refractivity contribution in [3.05, 3.63) is 41.5 Å². The van der Waals surface area contributed by atoms with E-state index in [1.165, 1.54) is 6.08 Å². The molecule has 0 atom stereocenters. The van der Waals surface area contributed by atoms with Crippen LogP contribution in [0.2, 0.25) is 0 Å². The van der Waals surface area contributed by atoms with Crippen molar-refractivity contribution in [2.45, 2.75) is 12.7 Å². The number of halogens is 3. The van der Waals surface area contributed by atoms with Gasteiger partial charge in [-0.3, -0.25) is 4.90 Å². The molecule has 1 aromatic carbocycles. The number of alkyl halides is 3. The largest absolute Gasteiger partial charge is 0.478 e. The number of carbonyl (C=O) groups is 1. The molecule has 0 saturated carbocycles. The minimum absolute atomic E-state index is 0.0585. The summed E-state index contributed by atoms with van der Waals surface area (Å²) in [5, 5.41) is 17.3. The average Bonchev–Trinajstić information content (AvgIpc) is 2.36. The third-order valence-corrected chi connectivity index (χ3v) is 2.62. The van der Waals surface area contributed by atoms with Crippen LogP contribution in [0.25, 0.3) is 6.08 Å². The highest BCUT2D eigenvalue weighted by atomic mass is 19.4.